The average molecular weight is 229 g/mol. The third-order valence-corrected chi connectivity index (χ3v) is 2.15. The molecule has 0 saturated carbocycles. The zero-order valence-corrected chi connectivity index (χ0v) is 9.04. The Labute approximate surface area is 92.7 Å². The number of carboxylic acid groups (broad SMARTS) is 1. The number of methoxy groups -OCH3 is 1. The number of aromatic nitrogens is 3. The Morgan fingerprint density at radius 2 is 2.44 bits per heavy atom. The molecule has 0 aliphatic rings. The van der Waals surface area contributed by atoms with Crippen molar-refractivity contribution in [1.82, 2.24) is 14.8 Å². The highest BCUT2D eigenvalue weighted by Gasteiger charge is 2.13. The lowest BCUT2D eigenvalue weighted by atomic mass is 10.2. The Morgan fingerprint density at radius 1 is 1.69 bits per heavy atom. The van der Waals surface area contributed by atoms with Gasteiger partial charge in [-0.15, -0.1) is 10.2 Å². The van der Waals surface area contributed by atoms with Gasteiger partial charge in [0.15, 0.2) is 6.10 Å². The molecular weight excluding hydrogens is 214 g/mol. The number of hydrogen-bond acceptors (Lipinski definition) is 5. The molecule has 1 aromatic rings. The number of nitrogens with zero attached hydrogens (tertiary/aromatic N) is 3. The predicted molar refractivity (Wildman–Crippen MR) is 53.9 cm³/mol. The monoisotopic (exact) mass is 229 g/mol. The van der Waals surface area contributed by atoms with E-state index in [4.69, 9.17) is 14.9 Å². The highest BCUT2D eigenvalue weighted by Crippen LogP contribution is 2.01. The van der Waals surface area contributed by atoms with Crippen LogP contribution >= 0.6 is 0 Å². The molecule has 1 atom stereocenters. The molecule has 90 valence electrons. The van der Waals surface area contributed by atoms with Crippen LogP contribution in [0.15, 0.2) is 6.33 Å². The van der Waals surface area contributed by atoms with Crippen molar-refractivity contribution >= 4 is 5.97 Å². The van der Waals surface area contributed by atoms with Crippen LogP contribution in [0.3, 0.4) is 0 Å². The number of aryl methyl sites for hydroxylation is 1. The van der Waals surface area contributed by atoms with E-state index in [1.807, 2.05) is 0 Å². The van der Waals surface area contributed by atoms with Crippen LogP contribution in [-0.4, -0.2) is 50.8 Å². The molecular formula is C9H15N3O4. The topological polar surface area (TPSA) is 97.5 Å². The minimum absolute atomic E-state index is 0.132. The Hall–Kier alpha value is -1.47. The molecule has 0 saturated heterocycles. The highest BCUT2D eigenvalue weighted by atomic mass is 16.5. The Morgan fingerprint density at radius 3 is 3.06 bits per heavy atom. The zero-order valence-electron chi connectivity index (χ0n) is 9.04. The number of aliphatic carboxylic acids is 1. The average Bonchev–Trinajstić information content (AvgIpc) is 2.70. The van der Waals surface area contributed by atoms with E-state index in [1.54, 1.807) is 11.7 Å². The SMILES string of the molecule is COCCc1nncn1CCC(O)C(=O)O. The van der Waals surface area contributed by atoms with E-state index >= 15 is 0 Å². The third-order valence-electron chi connectivity index (χ3n) is 2.15. The van der Waals surface area contributed by atoms with Crippen molar-refractivity contribution in [1.29, 1.82) is 0 Å². The molecule has 0 aromatic carbocycles. The van der Waals surface area contributed by atoms with Crippen molar-refractivity contribution in [3.05, 3.63) is 12.2 Å². The van der Waals surface area contributed by atoms with Crippen LogP contribution in [0.1, 0.15) is 12.2 Å². The Balaban J connectivity index is 2.47. The van der Waals surface area contributed by atoms with Crippen LogP contribution in [0, 0.1) is 0 Å². The second kappa shape index (κ2) is 6.19. The molecule has 1 heterocycles. The maximum Gasteiger partial charge on any atom is 0.332 e. The van der Waals surface area contributed by atoms with Gasteiger partial charge in [-0.3, -0.25) is 0 Å². The zero-order chi connectivity index (χ0) is 12.0. The summed E-state index contributed by atoms with van der Waals surface area (Å²) in [6.07, 6.45) is 0.907. The number of carbonyl (C=O) groups is 1. The molecule has 0 fully saturated rings. The van der Waals surface area contributed by atoms with E-state index < -0.39 is 12.1 Å². The first kappa shape index (κ1) is 12.6. The number of aliphatic hydroxyl groups is 1. The van der Waals surface area contributed by atoms with Gasteiger partial charge in [0.2, 0.25) is 0 Å². The summed E-state index contributed by atoms with van der Waals surface area (Å²) in [5.74, 6) is -0.494. The molecule has 2 N–H and O–H groups in total. The van der Waals surface area contributed by atoms with E-state index in [9.17, 15) is 4.79 Å². The van der Waals surface area contributed by atoms with Crippen LogP contribution in [-0.2, 0) is 22.5 Å². The molecule has 1 aromatic heterocycles. The summed E-state index contributed by atoms with van der Waals surface area (Å²) in [4.78, 5) is 10.4. The van der Waals surface area contributed by atoms with Crippen molar-refractivity contribution in [2.45, 2.75) is 25.5 Å². The van der Waals surface area contributed by atoms with Crippen LogP contribution in [0.5, 0.6) is 0 Å². The van der Waals surface area contributed by atoms with Gasteiger partial charge in [0.25, 0.3) is 0 Å². The van der Waals surface area contributed by atoms with Crippen LogP contribution in [0.2, 0.25) is 0 Å². The fourth-order valence-electron chi connectivity index (χ4n) is 1.24. The second-order valence-corrected chi connectivity index (χ2v) is 3.33. The van der Waals surface area contributed by atoms with Gasteiger partial charge in [0, 0.05) is 26.5 Å². The molecule has 0 bridgehead atoms. The third kappa shape index (κ3) is 3.59. The number of carboxylic acids is 1. The van der Waals surface area contributed by atoms with Crippen LogP contribution in [0.4, 0.5) is 0 Å². The molecule has 0 radical (unpaired) electrons. The predicted octanol–water partition coefficient (Wildman–Crippen LogP) is -0.697. The van der Waals surface area contributed by atoms with E-state index in [-0.39, 0.29) is 6.42 Å². The van der Waals surface area contributed by atoms with Gasteiger partial charge in [0.05, 0.1) is 6.61 Å². The smallest absolute Gasteiger partial charge is 0.332 e. The van der Waals surface area contributed by atoms with Gasteiger partial charge in [-0.1, -0.05) is 0 Å². The number of aliphatic hydroxyl groups excluding tert-OH is 1. The number of ether oxygens (including phenoxy) is 1. The fraction of sp³-hybridized carbons (Fsp3) is 0.667. The molecule has 1 rings (SSSR count). The summed E-state index contributed by atoms with van der Waals surface area (Å²) >= 11 is 0. The molecule has 0 aliphatic heterocycles. The first-order valence-corrected chi connectivity index (χ1v) is 4.91. The van der Waals surface area contributed by atoms with Gasteiger partial charge in [-0.2, -0.15) is 0 Å². The van der Waals surface area contributed by atoms with E-state index in [1.165, 1.54) is 6.33 Å². The summed E-state index contributed by atoms with van der Waals surface area (Å²) in [6, 6.07) is 0. The van der Waals surface area contributed by atoms with Crippen molar-refractivity contribution < 1.29 is 19.7 Å². The van der Waals surface area contributed by atoms with Gasteiger partial charge < -0.3 is 19.5 Å². The first-order valence-electron chi connectivity index (χ1n) is 4.91. The van der Waals surface area contributed by atoms with Gasteiger partial charge >= 0.3 is 5.97 Å². The maximum absolute atomic E-state index is 10.4. The summed E-state index contributed by atoms with van der Waals surface area (Å²) in [7, 11) is 1.59. The minimum atomic E-state index is -1.35. The summed E-state index contributed by atoms with van der Waals surface area (Å²) in [6.45, 7) is 0.902. The molecule has 16 heavy (non-hydrogen) atoms. The summed E-state index contributed by atoms with van der Waals surface area (Å²) < 4.78 is 6.62. The molecule has 0 aliphatic carbocycles. The van der Waals surface area contributed by atoms with Crippen LogP contribution in [0.25, 0.3) is 0 Å². The number of rotatable bonds is 7. The number of hydrogen-bond donors (Lipinski definition) is 2. The largest absolute Gasteiger partial charge is 0.479 e. The van der Waals surface area contributed by atoms with Crippen LogP contribution < -0.4 is 0 Å². The Kier molecular flexibility index (Phi) is 4.87. The lowest BCUT2D eigenvalue weighted by molar-refractivity contribution is -0.147. The lowest BCUT2D eigenvalue weighted by Crippen LogP contribution is -2.21. The van der Waals surface area contributed by atoms with Crippen molar-refractivity contribution in [2.75, 3.05) is 13.7 Å². The van der Waals surface area contributed by atoms with Crippen molar-refractivity contribution in [3.63, 3.8) is 0 Å². The molecule has 0 spiro atoms. The first-order chi connectivity index (χ1) is 7.65. The lowest BCUT2D eigenvalue weighted by Gasteiger charge is -2.08. The fourth-order valence-corrected chi connectivity index (χ4v) is 1.24. The van der Waals surface area contributed by atoms with Gasteiger partial charge in [-0.25, -0.2) is 4.79 Å². The van der Waals surface area contributed by atoms with E-state index in [0.29, 0.717) is 19.6 Å². The quantitative estimate of drug-likeness (QED) is 0.641. The molecule has 1 unspecified atom stereocenters. The molecule has 7 nitrogen and oxygen atoms in total. The highest BCUT2D eigenvalue weighted by molar-refractivity contribution is 5.71. The minimum Gasteiger partial charge on any atom is -0.479 e. The van der Waals surface area contributed by atoms with Gasteiger partial charge in [0.1, 0.15) is 12.2 Å². The second-order valence-electron chi connectivity index (χ2n) is 3.33. The van der Waals surface area contributed by atoms with E-state index in [2.05, 4.69) is 10.2 Å². The molecule has 7 heteroatoms. The van der Waals surface area contributed by atoms with Crippen molar-refractivity contribution in [2.24, 2.45) is 0 Å². The van der Waals surface area contributed by atoms with Gasteiger partial charge in [-0.05, 0) is 0 Å². The van der Waals surface area contributed by atoms with Crippen molar-refractivity contribution in [3.8, 4) is 0 Å². The molecule has 0 amide bonds. The van der Waals surface area contributed by atoms with E-state index in [0.717, 1.165) is 5.82 Å². The standard InChI is InChI=1S/C9H15N3O4/c1-16-5-3-8-11-10-6-12(8)4-2-7(13)9(14)15/h6-7,13H,2-5H2,1H3,(H,14,15). The Bertz CT molecular complexity index is 339. The normalized spacial score (nSPS) is 12.6. The summed E-state index contributed by atoms with van der Waals surface area (Å²) in [5.41, 5.74) is 0. The summed E-state index contributed by atoms with van der Waals surface area (Å²) in [5, 5.41) is 25.2. The maximum atomic E-state index is 10.4.